The minimum atomic E-state index is -0.530. The van der Waals surface area contributed by atoms with Crippen molar-refractivity contribution in [2.45, 2.75) is 12.3 Å². The van der Waals surface area contributed by atoms with Gasteiger partial charge in [0.15, 0.2) is 0 Å². The Hall–Kier alpha value is -7.94. The van der Waals surface area contributed by atoms with E-state index in [0.717, 1.165) is 28.3 Å². The van der Waals surface area contributed by atoms with E-state index < -0.39 is 5.41 Å². The maximum atomic E-state index is 2.49. The van der Waals surface area contributed by atoms with E-state index in [0.29, 0.717) is 0 Å². The number of aryl methyl sites for hydroxylation is 1. The van der Waals surface area contributed by atoms with Gasteiger partial charge < -0.3 is 9.47 Å². The molecule has 1 aliphatic rings. The summed E-state index contributed by atoms with van der Waals surface area (Å²) in [6, 6.07) is 87.3. The first-order chi connectivity index (χ1) is 30.7. The van der Waals surface area contributed by atoms with E-state index in [1.54, 1.807) is 0 Å². The molecule has 2 heteroatoms. The molecule has 0 bridgehead atoms. The summed E-state index contributed by atoms with van der Waals surface area (Å²) in [5.74, 6) is 0. The molecule has 12 rings (SSSR count). The van der Waals surface area contributed by atoms with E-state index >= 15 is 0 Å². The Balaban J connectivity index is 1.16. The van der Waals surface area contributed by atoms with Crippen molar-refractivity contribution in [3.8, 4) is 27.9 Å². The van der Waals surface area contributed by atoms with Crippen LogP contribution in [-0.2, 0) is 5.41 Å². The standard InChI is InChI=1S/C60H42N2/c1-41-17-15-20-44-39-48(35-37-50(41)44)62-57-29-14-12-26-53(57)54-27-16-30-58(59(54)62)61(47-33-31-43(32-34-47)42-18-5-2-6-19-42)49-36-38-52-51-25-11-13-28-55(51)60(56(52)40-49,45-21-7-3-8-22-45)46-23-9-4-10-24-46/h2-40H,1H3. The highest BCUT2D eigenvalue weighted by Crippen LogP contribution is 2.57. The van der Waals surface area contributed by atoms with Gasteiger partial charge in [-0.1, -0.05) is 188 Å². The Bertz CT molecular complexity index is 3420. The zero-order valence-electron chi connectivity index (χ0n) is 34.4. The normalized spacial score (nSPS) is 12.7. The van der Waals surface area contributed by atoms with E-state index in [1.165, 1.54) is 77.1 Å². The monoisotopic (exact) mass is 790 g/mol. The third kappa shape index (κ3) is 5.43. The van der Waals surface area contributed by atoms with Gasteiger partial charge in [-0.05, 0) is 116 Å². The molecule has 0 spiro atoms. The molecular weight excluding hydrogens is 749 g/mol. The van der Waals surface area contributed by atoms with E-state index in [2.05, 4.69) is 253 Å². The number of hydrogen-bond donors (Lipinski definition) is 0. The van der Waals surface area contributed by atoms with Crippen LogP contribution in [0.3, 0.4) is 0 Å². The van der Waals surface area contributed by atoms with Crippen LogP contribution >= 0.6 is 0 Å². The summed E-state index contributed by atoms with van der Waals surface area (Å²) in [6.45, 7) is 2.20. The van der Waals surface area contributed by atoms with Gasteiger partial charge in [0.1, 0.15) is 0 Å². The molecule has 0 saturated carbocycles. The quantitative estimate of drug-likeness (QED) is 0.156. The molecule has 0 radical (unpaired) electrons. The van der Waals surface area contributed by atoms with Crippen LogP contribution in [0.5, 0.6) is 0 Å². The summed E-state index contributed by atoms with van der Waals surface area (Å²) >= 11 is 0. The molecule has 292 valence electrons. The number of fused-ring (bicyclic) bond motifs is 7. The fourth-order valence-electron chi connectivity index (χ4n) is 10.5. The van der Waals surface area contributed by atoms with Crippen LogP contribution in [0.1, 0.15) is 27.8 Å². The molecule has 0 saturated heterocycles. The van der Waals surface area contributed by atoms with Crippen molar-refractivity contribution < 1.29 is 0 Å². The fourth-order valence-corrected chi connectivity index (χ4v) is 10.5. The van der Waals surface area contributed by atoms with Crippen molar-refractivity contribution in [1.82, 2.24) is 4.57 Å². The fraction of sp³-hybridized carbons (Fsp3) is 0.0333. The first-order valence-corrected chi connectivity index (χ1v) is 21.5. The topological polar surface area (TPSA) is 8.17 Å². The molecule has 0 N–H and O–H groups in total. The van der Waals surface area contributed by atoms with Crippen molar-refractivity contribution >= 4 is 49.6 Å². The van der Waals surface area contributed by atoms with Gasteiger partial charge in [-0.2, -0.15) is 0 Å². The lowest BCUT2D eigenvalue weighted by Crippen LogP contribution is -2.28. The molecule has 0 atom stereocenters. The van der Waals surface area contributed by atoms with Crippen LogP contribution in [0.25, 0.3) is 60.5 Å². The Morgan fingerprint density at radius 1 is 0.403 bits per heavy atom. The number of rotatable bonds is 7. The predicted octanol–water partition coefficient (Wildman–Crippen LogP) is 15.7. The molecule has 0 amide bonds. The van der Waals surface area contributed by atoms with Gasteiger partial charge >= 0.3 is 0 Å². The van der Waals surface area contributed by atoms with Gasteiger partial charge in [0.2, 0.25) is 0 Å². The third-order valence-corrected chi connectivity index (χ3v) is 13.2. The smallest absolute Gasteiger partial charge is 0.0782 e. The van der Waals surface area contributed by atoms with E-state index in [-0.39, 0.29) is 0 Å². The van der Waals surface area contributed by atoms with Crippen molar-refractivity contribution in [3.63, 3.8) is 0 Å². The summed E-state index contributed by atoms with van der Waals surface area (Å²) in [6.07, 6.45) is 0. The molecule has 11 aromatic rings. The predicted molar refractivity (Wildman–Crippen MR) is 260 cm³/mol. The van der Waals surface area contributed by atoms with Gasteiger partial charge in [-0.15, -0.1) is 0 Å². The van der Waals surface area contributed by atoms with E-state index in [1.807, 2.05) is 0 Å². The molecule has 1 heterocycles. The summed E-state index contributed by atoms with van der Waals surface area (Å²) in [7, 11) is 0. The molecule has 0 aliphatic heterocycles. The van der Waals surface area contributed by atoms with Gasteiger partial charge in [0, 0.05) is 27.8 Å². The van der Waals surface area contributed by atoms with Crippen LogP contribution in [0.2, 0.25) is 0 Å². The van der Waals surface area contributed by atoms with Crippen molar-refractivity contribution in [3.05, 3.63) is 264 Å². The zero-order valence-corrected chi connectivity index (χ0v) is 34.4. The Labute approximate surface area is 362 Å². The third-order valence-electron chi connectivity index (χ3n) is 13.2. The lowest BCUT2D eigenvalue weighted by Gasteiger charge is -2.35. The summed E-state index contributed by atoms with van der Waals surface area (Å²) in [4.78, 5) is 2.49. The number of anilines is 3. The zero-order chi connectivity index (χ0) is 41.2. The highest BCUT2D eigenvalue weighted by Gasteiger charge is 2.46. The average Bonchev–Trinajstić information content (AvgIpc) is 3.84. The largest absolute Gasteiger partial charge is 0.308 e. The molecule has 1 aliphatic carbocycles. The highest BCUT2D eigenvalue weighted by atomic mass is 15.2. The van der Waals surface area contributed by atoms with Crippen molar-refractivity contribution in [2.24, 2.45) is 0 Å². The molecule has 0 unspecified atom stereocenters. The highest BCUT2D eigenvalue weighted by molar-refractivity contribution is 6.14. The van der Waals surface area contributed by atoms with Crippen molar-refractivity contribution in [2.75, 3.05) is 4.90 Å². The van der Waals surface area contributed by atoms with Gasteiger partial charge in [0.25, 0.3) is 0 Å². The number of para-hydroxylation sites is 2. The lowest BCUT2D eigenvalue weighted by molar-refractivity contribution is 0.768. The second kappa shape index (κ2) is 14.4. The average molecular weight is 791 g/mol. The minimum absolute atomic E-state index is 0.530. The van der Waals surface area contributed by atoms with Gasteiger partial charge in [-0.25, -0.2) is 0 Å². The summed E-state index contributed by atoms with van der Waals surface area (Å²) in [5.41, 5.74) is 17.5. The van der Waals surface area contributed by atoms with Gasteiger partial charge in [-0.3, -0.25) is 0 Å². The number of benzene rings is 10. The molecule has 1 aromatic heterocycles. The van der Waals surface area contributed by atoms with Crippen LogP contribution in [0.15, 0.2) is 237 Å². The molecule has 62 heavy (non-hydrogen) atoms. The Morgan fingerprint density at radius 2 is 1.02 bits per heavy atom. The first-order valence-electron chi connectivity index (χ1n) is 21.5. The van der Waals surface area contributed by atoms with Crippen LogP contribution in [0.4, 0.5) is 17.1 Å². The molecular formula is C60H42N2. The summed E-state index contributed by atoms with van der Waals surface area (Å²) < 4.78 is 2.48. The number of aromatic nitrogens is 1. The maximum Gasteiger partial charge on any atom is 0.0782 e. The Kier molecular flexibility index (Phi) is 8.33. The first kappa shape index (κ1) is 36.0. The molecule has 10 aromatic carbocycles. The maximum absolute atomic E-state index is 2.49. The van der Waals surface area contributed by atoms with Crippen molar-refractivity contribution in [1.29, 1.82) is 0 Å². The SMILES string of the molecule is Cc1cccc2cc(-n3c4ccccc4c4cccc(N(c5ccc(-c6ccccc6)cc5)c5ccc6c(c5)C(c5ccccc5)(c5ccccc5)c5ccccc5-6)c43)ccc12. The molecule has 2 nitrogen and oxygen atoms in total. The second-order valence-electron chi connectivity index (χ2n) is 16.5. The lowest BCUT2D eigenvalue weighted by atomic mass is 9.67. The number of nitrogens with zero attached hydrogens (tertiary/aromatic N) is 2. The number of hydrogen-bond acceptors (Lipinski definition) is 1. The van der Waals surface area contributed by atoms with E-state index in [4.69, 9.17) is 0 Å². The molecule has 0 fully saturated rings. The van der Waals surface area contributed by atoms with E-state index in [9.17, 15) is 0 Å². The van der Waals surface area contributed by atoms with Crippen LogP contribution in [0, 0.1) is 6.92 Å². The summed E-state index contributed by atoms with van der Waals surface area (Å²) in [5, 5.41) is 4.95. The second-order valence-corrected chi connectivity index (χ2v) is 16.5. The van der Waals surface area contributed by atoms with Gasteiger partial charge in [0.05, 0.1) is 22.1 Å². The van der Waals surface area contributed by atoms with Crippen LogP contribution < -0.4 is 4.90 Å². The Morgan fingerprint density at radius 3 is 1.79 bits per heavy atom. The van der Waals surface area contributed by atoms with Crippen LogP contribution in [-0.4, -0.2) is 4.57 Å². The minimum Gasteiger partial charge on any atom is -0.308 e.